The van der Waals surface area contributed by atoms with E-state index in [-0.39, 0.29) is 5.56 Å². The minimum absolute atomic E-state index is 0.0467. The Hall–Kier alpha value is -1.87. The molecule has 2 heterocycles. The summed E-state index contributed by atoms with van der Waals surface area (Å²) in [6.07, 6.45) is 2.99. The highest BCUT2D eigenvalue weighted by atomic mass is 32.2. The molecule has 9 heteroatoms. The van der Waals surface area contributed by atoms with Gasteiger partial charge in [0, 0.05) is 11.4 Å². The predicted molar refractivity (Wildman–Crippen MR) is 104 cm³/mol. The number of fused-ring (bicyclic) bond motifs is 3. The topological polar surface area (TPSA) is 107 Å². The zero-order chi connectivity index (χ0) is 19.0. The van der Waals surface area contributed by atoms with Gasteiger partial charge >= 0.3 is 6.03 Å². The Morgan fingerprint density at radius 3 is 2.88 bits per heavy atom. The molecule has 3 rings (SSSR count). The number of amides is 3. The van der Waals surface area contributed by atoms with E-state index in [0.717, 1.165) is 46.8 Å². The van der Waals surface area contributed by atoms with E-state index in [1.165, 1.54) is 4.88 Å². The lowest BCUT2D eigenvalue weighted by atomic mass is 9.89. The van der Waals surface area contributed by atoms with Crippen molar-refractivity contribution in [2.24, 2.45) is 11.7 Å². The van der Waals surface area contributed by atoms with E-state index < -0.39 is 17.2 Å². The van der Waals surface area contributed by atoms with Crippen LogP contribution in [0.2, 0.25) is 0 Å². The standard InChI is InChI=1S/C17H22N4O3S2/c1-4-21-15(23)12-10-6-5-8(2)7-11(10)26-14(12)20-17(21)25-9(3)13(22)19-16(18)24/h8-9H,4-7H2,1-3H3,(H3,18,19,22,24)/t8-,9-/m0/s1. The van der Waals surface area contributed by atoms with Crippen LogP contribution in [0.4, 0.5) is 4.79 Å². The fourth-order valence-electron chi connectivity index (χ4n) is 3.21. The van der Waals surface area contributed by atoms with E-state index >= 15 is 0 Å². The third-order valence-electron chi connectivity index (χ3n) is 4.59. The third kappa shape index (κ3) is 3.50. The molecule has 0 unspecified atom stereocenters. The van der Waals surface area contributed by atoms with Crippen molar-refractivity contribution in [3.05, 3.63) is 20.8 Å². The first-order valence-corrected chi connectivity index (χ1v) is 10.3. The van der Waals surface area contributed by atoms with Gasteiger partial charge in [-0.25, -0.2) is 9.78 Å². The van der Waals surface area contributed by atoms with E-state index in [1.54, 1.807) is 22.8 Å². The lowest BCUT2D eigenvalue weighted by Crippen LogP contribution is -2.39. The van der Waals surface area contributed by atoms with Gasteiger partial charge in [-0.1, -0.05) is 18.7 Å². The smallest absolute Gasteiger partial charge is 0.318 e. The van der Waals surface area contributed by atoms with Gasteiger partial charge in [0.2, 0.25) is 5.91 Å². The number of thioether (sulfide) groups is 1. The average molecular weight is 395 g/mol. The van der Waals surface area contributed by atoms with Crippen LogP contribution < -0.4 is 16.6 Å². The molecule has 7 nitrogen and oxygen atoms in total. The average Bonchev–Trinajstić information content (AvgIpc) is 2.91. The molecule has 1 aliphatic carbocycles. The summed E-state index contributed by atoms with van der Waals surface area (Å²) in [4.78, 5) is 42.6. The fourth-order valence-corrected chi connectivity index (χ4v) is 5.60. The highest BCUT2D eigenvalue weighted by Crippen LogP contribution is 2.36. The van der Waals surface area contributed by atoms with Crippen LogP contribution in [-0.2, 0) is 24.2 Å². The predicted octanol–water partition coefficient (Wildman–Crippen LogP) is 2.28. The van der Waals surface area contributed by atoms with Gasteiger partial charge < -0.3 is 5.73 Å². The molecule has 0 saturated carbocycles. The van der Waals surface area contributed by atoms with Gasteiger partial charge in [0.25, 0.3) is 5.56 Å². The van der Waals surface area contributed by atoms with Crippen LogP contribution in [0, 0.1) is 5.92 Å². The molecule has 2 aromatic rings. The summed E-state index contributed by atoms with van der Waals surface area (Å²) in [7, 11) is 0. The normalized spacial score (nSPS) is 17.7. The van der Waals surface area contributed by atoms with Crippen molar-refractivity contribution in [2.45, 2.75) is 57.0 Å². The number of carbonyl (C=O) groups is 2. The highest BCUT2D eigenvalue weighted by molar-refractivity contribution is 8.00. The molecule has 0 radical (unpaired) electrons. The van der Waals surface area contributed by atoms with Crippen LogP contribution in [0.5, 0.6) is 0 Å². The van der Waals surface area contributed by atoms with Gasteiger partial charge in [0.15, 0.2) is 5.16 Å². The number of nitrogens with zero attached hydrogens (tertiary/aromatic N) is 2. The summed E-state index contributed by atoms with van der Waals surface area (Å²) >= 11 is 2.74. The molecule has 0 aromatic carbocycles. The minimum Gasteiger partial charge on any atom is -0.351 e. The molecule has 0 aliphatic heterocycles. The molecule has 0 spiro atoms. The van der Waals surface area contributed by atoms with Crippen molar-refractivity contribution in [1.82, 2.24) is 14.9 Å². The van der Waals surface area contributed by atoms with Crippen molar-refractivity contribution < 1.29 is 9.59 Å². The zero-order valence-electron chi connectivity index (χ0n) is 15.0. The van der Waals surface area contributed by atoms with Gasteiger partial charge in [0.1, 0.15) is 4.83 Å². The van der Waals surface area contributed by atoms with Crippen LogP contribution in [0.3, 0.4) is 0 Å². The first-order valence-electron chi connectivity index (χ1n) is 8.63. The minimum atomic E-state index is -0.890. The molecule has 26 heavy (non-hydrogen) atoms. The van der Waals surface area contributed by atoms with E-state index in [9.17, 15) is 14.4 Å². The van der Waals surface area contributed by atoms with E-state index in [2.05, 4.69) is 17.2 Å². The van der Waals surface area contributed by atoms with Crippen molar-refractivity contribution in [3.63, 3.8) is 0 Å². The number of imide groups is 1. The highest BCUT2D eigenvalue weighted by Gasteiger charge is 2.26. The van der Waals surface area contributed by atoms with Crippen LogP contribution in [0.25, 0.3) is 10.2 Å². The third-order valence-corrected chi connectivity index (χ3v) is 6.83. The Morgan fingerprint density at radius 2 is 2.23 bits per heavy atom. The summed E-state index contributed by atoms with van der Waals surface area (Å²) in [5, 5.41) is 2.69. The Balaban J connectivity index is 2.02. The number of hydrogen-bond acceptors (Lipinski definition) is 6. The maximum absolute atomic E-state index is 13.1. The van der Waals surface area contributed by atoms with Crippen molar-refractivity contribution in [2.75, 3.05) is 0 Å². The number of nitrogens with two attached hydrogens (primary N) is 1. The summed E-state index contributed by atoms with van der Waals surface area (Å²) in [6, 6.07) is -0.890. The second-order valence-electron chi connectivity index (χ2n) is 6.59. The fraction of sp³-hybridized carbons (Fsp3) is 0.529. The molecule has 0 saturated heterocycles. The quantitative estimate of drug-likeness (QED) is 0.611. The Morgan fingerprint density at radius 1 is 1.50 bits per heavy atom. The molecule has 2 atom stereocenters. The number of nitrogens with one attached hydrogen (secondary N) is 1. The number of primary amides is 1. The van der Waals surface area contributed by atoms with Gasteiger partial charge in [-0.2, -0.15) is 0 Å². The number of carbonyl (C=O) groups excluding carboxylic acids is 2. The number of urea groups is 1. The number of aromatic nitrogens is 2. The molecule has 2 aromatic heterocycles. The van der Waals surface area contributed by atoms with Gasteiger partial charge in [0.05, 0.1) is 10.6 Å². The number of aryl methyl sites for hydroxylation is 1. The van der Waals surface area contributed by atoms with Crippen molar-refractivity contribution >= 4 is 45.3 Å². The van der Waals surface area contributed by atoms with Gasteiger partial charge in [-0.3, -0.25) is 19.5 Å². The van der Waals surface area contributed by atoms with Crippen molar-refractivity contribution in [1.29, 1.82) is 0 Å². The lowest BCUT2D eigenvalue weighted by molar-refractivity contribution is -0.119. The lowest BCUT2D eigenvalue weighted by Gasteiger charge is -2.17. The molecule has 3 N–H and O–H groups in total. The number of thiophene rings is 1. The van der Waals surface area contributed by atoms with E-state index in [0.29, 0.717) is 17.6 Å². The van der Waals surface area contributed by atoms with Crippen LogP contribution in [0.15, 0.2) is 9.95 Å². The maximum Gasteiger partial charge on any atom is 0.318 e. The monoisotopic (exact) mass is 394 g/mol. The number of hydrogen-bond donors (Lipinski definition) is 2. The second kappa shape index (κ2) is 7.40. The van der Waals surface area contributed by atoms with Crippen LogP contribution >= 0.6 is 23.1 Å². The summed E-state index contributed by atoms with van der Waals surface area (Å²) < 4.78 is 1.60. The summed E-state index contributed by atoms with van der Waals surface area (Å²) in [6.45, 7) is 6.23. The van der Waals surface area contributed by atoms with E-state index in [4.69, 9.17) is 5.73 Å². The summed E-state index contributed by atoms with van der Waals surface area (Å²) in [5.41, 5.74) is 6.10. The Labute approximate surface area is 159 Å². The number of rotatable bonds is 4. The molecule has 1 aliphatic rings. The van der Waals surface area contributed by atoms with Crippen LogP contribution in [-0.4, -0.2) is 26.7 Å². The first-order chi connectivity index (χ1) is 12.3. The molecule has 3 amide bonds. The largest absolute Gasteiger partial charge is 0.351 e. The molecule has 0 fully saturated rings. The molecular formula is C17H22N4O3S2. The van der Waals surface area contributed by atoms with Gasteiger partial charge in [-0.05, 0) is 44.6 Å². The Bertz CT molecular complexity index is 934. The molecule has 0 bridgehead atoms. The SMILES string of the molecule is CCn1c(S[C@@H](C)C(=O)NC(N)=O)nc2sc3c(c2c1=O)CC[C@H](C)C3. The van der Waals surface area contributed by atoms with E-state index in [1.807, 2.05) is 6.92 Å². The molecular weight excluding hydrogens is 372 g/mol. The first kappa shape index (κ1) is 18.9. The summed E-state index contributed by atoms with van der Waals surface area (Å²) in [5.74, 6) is 0.120. The van der Waals surface area contributed by atoms with Gasteiger partial charge in [-0.15, -0.1) is 11.3 Å². The van der Waals surface area contributed by atoms with Crippen LogP contribution in [0.1, 0.15) is 37.6 Å². The molecule has 140 valence electrons. The Kier molecular flexibility index (Phi) is 5.38. The second-order valence-corrected chi connectivity index (χ2v) is 8.98. The van der Waals surface area contributed by atoms with Crippen molar-refractivity contribution in [3.8, 4) is 0 Å². The zero-order valence-corrected chi connectivity index (χ0v) is 16.6. The maximum atomic E-state index is 13.1.